The number of thiazole rings is 1. The van der Waals surface area contributed by atoms with E-state index in [0.717, 1.165) is 37.7 Å². The Balaban J connectivity index is 0.00000242. The van der Waals surface area contributed by atoms with Gasteiger partial charge in [0.15, 0.2) is 5.96 Å². The van der Waals surface area contributed by atoms with Crippen LogP contribution in [-0.4, -0.2) is 33.8 Å². The van der Waals surface area contributed by atoms with Gasteiger partial charge in [0.1, 0.15) is 0 Å². The maximum atomic E-state index is 4.59. The van der Waals surface area contributed by atoms with Crippen molar-refractivity contribution in [3.63, 3.8) is 0 Å². The molecule has 0 saturated carbocycles. The molecular formula is C14H23IN6S. The maximum absolute atomic E-state index is 4.59. The summed E-state index contributed by atoms with van der Waals surface area (Å²) in [4.78, 5) is 10.0. The van der Waals surface area contributed by atoms with Crippen molar-refractivity contribution in [1.29, 1.82) is 0 Å². The van der Waals surface area contributed by atoms with Gasteiger partial charge < -0.3 is 10.6 Å². The van der Waals surface area contributed by atoms with Gasteiger partial charge in [0.05, 0.1) is 17.7 Å². The molecule has 122 valence electrons. The highest BCUT2D eigenvalue weighted by atomic mass is 127. The third kappa shape index (κ3) is 6.30. The Morgan fingerprint density at radius 2 is 2.27 bits per heavy atom. The minimum Gasteiger partial charge on any atom is -0.357 e. The molecule has 22 heavy (non-hydrogen) atoms. The van der Waals surface area contributed by atoms with E-state index < -0.39 is 0 Å². The smallest absolute Gasteiger partial charge is 0.191 e. The number of hydrogen-bond acceptors (Lipinski definition) is 4. The minimum atomic E-state index is 0. The van der Waals surface area contributed by atoms with E-state index in [9.17, 15) is 0 Å². The fourth-order valence-electron chi connectivity index (χ4n) is 1.85. The number of nitrogens with zero attached hydrogens (tertiary/aromatic N) is 4. The Bertz CT molecular complexity index is 551. The van der Waals surface area contributed by atoms with Gasteiger partial charge in [-0.1, -0.05) is 0 Å². The average Bonchev–Trinajstić information content (AvgIpc) is 3.12. The molecule has 0 fully saturated rings. The predicted octanol–water partition coefficient (Wildman–Crippen LogP) is 2.41. The van der Waals surface area contributed by atoms with E-state index in [-0.39, 0.29) is 24.0 Å². The van der Waals surface area contributed by atoms with Crippen molar-refractivity contribution in [3.05, 3.63) is 34.5 Å². The molecule has 2 N–H and O–H groups in total. The summed E-state index contributed by atoms with van der Waals surface area (Å²) >= 11 is 1.65. The minimum absolute atomic E-state index is 0. The Labute approximate surface area is 152 Å². The molecule has 0 aliphatic rings. The molecule has 0 atom stereocenters. The Hall–Kier alpha value is -1.16. The molecule has 0 saturated heterocycles. The summed E-state index contributed by atoms with van der Waals surface area (Å²) in [5.41, 5.74) is 2.93. The number of guanidine groups is 1. The van der Waals surface area contributed by atoms with E-state index >= 15 is 0 Å². The Morgan fingerprint density at radius 1 is 1.41 bits per heavy atom. The van der Waals surface area contributed by atoms with Gasteiger partial charge in [-0.15, -0.1) is 35.3 Å². The lowest BCUT2D eigenvalue weighted by molar-refractivity contribution is 0.570. The number of aryl methyl sites for hydroxylation is 2. The van der Waals surface area contributed by atoms with Crippen LogP contribution < -0.4 is 10.6 Å². The molecule has 6 nitrogen and oxygen atoms in total. The average molecular weight is 434 g/mol. The fraction of sp³-hybridized carbons (Fsp3) is 0.500. The van der Waals surface area contributed by atoms with Crippen LogP contribution in [-0.2, 0) is 13.1 Å². The predicted molar refractivity (Wildman–Crippen MR) is 102 cm³/mol. The second kappa shape index (κ2) is 10.5. The highest BCUT2D eigenvalue weighted by molar-refractivity contribution is 14.0. The maximum Gasteiger partial charge on any atom is 0.191 e. The Morgan fingerprint density at radius 3 is 2.91 bits per heavy atom. The molecule has 0 aromatic carbocycles. The van der Waals surface area contributed by atoms with Crippen molar-refractivity contribution in [2.45, 2.75) is 33.4 Å². The van der Waals surface area contributed by atoms with Crippen LogP contribution in [0.25, 0.3) is 0 Å². The first-order valence-electron chi connectivity index (χ1n) is 7.18. The van der Waals surface area contributed by atoms with Crippen LogP contribution in [0.4, 0.5) is 0 Å². The zero-order chi connectivity index (χ0) is 14.9. The van der Waals surface area contributed by atoms with Crippen molar-refractivity contribution in [3.8, 4) is 0 Å². The first-order chi connectivity index (χ1) is 10.3. The number of aromatic nitrogens is 3. The molecule has 2 aromatic heterocycles. The molecular weight excluding hydrogens is 411 g/mol. The number of aliphatic imine (C=N–C) groups is 1. The summed E-state index contributed by atoms with van der Waals surface area (Å²) in [5.74, 6) is 0.853. The lowest BCUT2D eigenvalue weighted by atomic mass is 10.4. The number of rotatable bonds is 7. The van der Waals surface area contributed by atoms with E-state index in [0.29, 0.717) is 6.54 Å². The van der Waals surface area contributed by atoms with Crippen LogP contribution in [0.15, 0.2) is 29.0 Å². The SMILES string of the molecule is CCNC(=NCc1scnc1C)NCCCn1cccn1.I. The van der Waals surface area contributed by atoms with Crippen molar-refractivity contribution in [2.24, 2.45) is 4.99 Å². The van der Waals surface area contributed by atoms with Crippen LogP contribution >= 0.6 is 35.3 Å². The normalized spacial score (nSPS) is 11.1. The van der Waals surface area contributed by atoms with E-state index in [4.69, 9.17) is 0 Å². The van der Waals surface area contributed by atoms with Crippen molar-refractivity contribution in [2.75, 3.05) is 13.1 Å². The second-order valence-electron chi connectivity index (χ2n) is 4.61. The molecule has 0 aliphatic heterocycles. The molecule has 2 heterocycles. The molecule has 2 rings (SSSR count). The summed E-state index contributed by atoms with van der Waals surface area (Å²) in [6, 6.07) is 1.94. The van der Waals surface area contributed by atoms with Gasteiger partial charge >= 0.3 is 0 Å². The van der Waals surface area contributed by atoms with Crippen LogP contribution in [0.2, 0.25) is 0 Å². The van der Waals surface area contributed by atoms with Crippen molar-refractivity contribution >= 4 is 41.3 Å². The van der Waals surface area contributed by atoms with Gasteiger partial charge in [-0.05, 0) is 26.3 Å². The van der Waals surface area contributed by atoms with E-state index in [1.807, 2.05) is 29.4 Å². The van der Waals surface area contributed by atoms with Gasteiger partial charge in [0.2, 0.25) is 0 Å². The van der Waals surface area contributed by atoms with Crippen LogP contribution in [0.5, 0.6) is 0 Å². The number of hydrogen-bond donors (Lipinski definition) is 2. The van der Waals surface area contributed by atoms with E-state index in [2.05, 4.69) is 32.6 Å². The third-order valence-corrected chi connectivity index (χ3v) is 3.91. The third-order valence-electron chi connectivity index (χ3n) is 2.99. The van der Waals surface area contributed by atoms with Crippen LogP contribution in [0.3, 0.4) is 0 Å². The zero-order valence-electron chi connectivity index (χ0n) is 13.0. The monoisotopic (exact) mass is 434 g/mol. The first kappa shape index (κ1) is 18.9. The van der Waals surface area contributed by atoms with Gasteiger partial charge in [0, 0.05) is 36.9 Å². The van der Waals surface area contributed by atoms with Gasteiger partial charge in [-0.3, -0.25) is 4.68 Å². The molecule has 0 unspecified atom stereocenters. The Kier molecular flexibility index (Phi) is 9.05. The number of halogens is 1. The molecule has 0 amide bonds. The summed E-state index contributed by atoms with van der Waals surface area (Å²) in [6.45, 7) is 7.39. The van der Waals surface area contributed by atoms with Crippen LogP contribution in [0, 0.1) is 6.92 Å². The largest absolute Gasteiger partial charge is 0.357 e. The van der Waals surface area contributed by atoms with Gasteiger partial charge in [-0.2, -0.15) is 5.10 Å². The summed E-state index contributed by atoms with van der Waals surface area (Å²) in [6.07, 6.45) is 4.79. The standard InChI is InChI=1S/C14H22N6S.HI/c1-3-15-14(17-10-13-12(2)18-11-21-13)16-6-4-8-20-9-5-7-19-20;/h5,7,9,11H,3-4,6,8,10H2,1-2H3,(H2,15,16,17);1H. The molecule has 8 heteroatoms. The molecule has 0 bridgehead atoms. The summed E-state index contributed by atoms with van der Waals surface area (Å²) in [7, 11) is 0. The molecule has 0 aliphatic carbocycles. The zero-order valence-corrected chi connectivity index (χ0v) is 16.1. The molecule has 0 radical (unpaired) electrons. The topological polar surface area (TPSA) is 67.1 Å². The van der Waals surface area contributed by atoms with Gasteiger partial charge in [-0.25, -0.2) is 9.98 Å². The summed E-state index contributed by atoms with van der Waals surface area (Å²) < 4.78 is 1.94. The van der Waals surface area contributed by atoms with Crippen molar-refractivity contribution < 1.29 is 0 Å². The highest BCUT2D eigenvalue weighted by Gasteiger charge is 2.02. The lowest BCUT2D eigenvalue weighted by Crippen LogP contribution is -2.38. The van der Waals surface area contributed by atoms with Crippen LogP contribution in [0.1, 0.15) is 23.9 Å². The fourth-order valence-corrected chi connectivity index (χ4v) is 2.55. The quantitative estimate of drug-likeness (QED) is 0.304. The first-order valence-corrected chi connectivity index (χ1v) is 8.06. The number of nitrogens with one attached hydrogen (secondary N) is 2. The van der Waals surface area contributed by atoms with E-state index in [1.54, 1.807) is 17.5 Å². The molecule has 0 spiro atoms. The van der Waals surface area contributed by atoms with Crippen molar-refractivity contribution in [1.82, 2.24) is 25.4 Å². The van der Waals surface area contributed by atoms with Gasteiger partial charge in [0.25, 0.3) is 0 Å². The molecule has 2 aromatic rings. The van der Waals surface area contributed by atoms with E-state index in [1.165, 1.54) is 4.88 Å². The highest BCUT2D eigenvalue weighted by Crippen LogP contribution is 2.12. The second-order valence-corrected chi connectivity index (χ2v) is 5.54. The summed E-state index contributed by atoms with van der Waals surface area (Å²) in [5, 5.41) is 10.8. The lowest BCUT2D eigenvalue weighted by Gasteiger charge is -2.11.